The van der Waals surface area contributed by atoms with Crippen molar-refractivity contribution in [3.63, 3.8) is 0 Å². The molecule has 2 aromatic heterocycles. The number of carbonyl (C=O) groups excluding carboxylic acids is 1. The first-order valence-corrected chi connectivity index (χ1v) is 8.99. The summed E-state index contributed by atoms with van der Waals surface area (Å²) in [6, 6.07) is 4.32. The molecule has 1 amide bonds. The van der Waals surface area contributed by atoms with Gasteiger partial charge in [-0.1, -0.05) is 6.92 Å². The number of carbonyl (C=O) groups is 1. The van der Waals surface area contributed by atoms with Crippen LogP contribution in [0, 0.1) is 0 Å². The quantitative estimate of drug-likeness (QED) is 0.915. The van der Waals surface area contributed by atoms with E-state index < -0.39 is 0 Å². The highest BCUT2D eigenvalue weighted by Crippen LogP contribution is 2.23. The highest BCUT2D eigenvalue weighted by molar-refractivity contribution is 7.09. The minimum atomic E-state index is -0.105. The average molecular weight is 330 g/mol. The third-order valence-electron chi connectivity index (χ3n) is 4.22. The van der Waals surface area contributed by atoms with Gasteiger partial charge in [0, 0.05) is 24.2 Å². The van der Waals surface area contributed by atoms with Crippen LogP contribution in [0.2, 0.25) is 0 Å². The Labute approximate surface area is 140 Å². The van der Waals surface area contributed by atoms with Gasteiger partial charge in [-0.05, 0) is 38.3 Å². The third kappa shape index (κ3) is 3.69. The molecule has 1 saturated heterocycles. The predicted molar refractivity (Wildman–Crippen MR) is 92.9 cm³/mol. The van der Waals surface area contributed by atoms with Gasteiger partial charge in [0.25, 0.3) is 5.91 Å². The van der Waals surface area contributed by atoms with E-state index in [4.69, 9.17) is 0 Å². The summed E-state index contributed by atoms with van der Waals surface area (Å²) in [5, 5.41) is 5.88. The second-order valence-corrected chi connectivity index (χ2v) is 6.80. The number of hydrogen-bond acceptors (Lipinski definition) is 5. The Kier molecular flexibility index (Phi) is 4.91. The highest BCUT2D eigenvalue weighted by Gasteiger charge is 2.21. The van der Waals surface area contributed by atoms with Crippen LogP contribution < -0.4 is 10.2 Å². The Balaban J connectivity index is 1.59. The van der Waals surface area contributed by atoms with E-state index in [2.05, 4.69) is 34.0 Å². The van der Waals surface area contributed by atoms with Gasteiger partial charge in [-0.2, -0.15) is 0 Å². The minimum Gasteiger partial charge on any atom is -0.354 e. The number of rotatable bonds is 5. The van der Waals surface area contributed by atoms with Gasteiger partial charge in [0.2, 0.25) is 0 Å². The molecule has 1 aliphatic rings. The number of pyridine rings is 1. The molecule has 5 nitrogen and oxygen atoms in total. The zero-order chi connectivity index (χ0) is 16.2. The third-order valence-corrected chi connectivity index (χ3v) is 5.12. The van der Waals surface area contributed by atoms with Crippen LogP contribution in [0.25, 0.3) is 0 Å². The zero-order valence-electron chi connectivity index (χ0n) is 13.6. The maximum Gasteiger partial charge on any atom is 0.253 e. The number of nitrogens with zero attached hydrogens (tertiary/aromatic N) is 3. The van der Waals surface area contributed by atoms with Crippen LogP contribution in [0.5, 0.6) is 0 Å². The number of amides is 1. The number of anilines is 1. The van der Waals surface area contributed by atoms with Crippen LogP contribution in [-0.4, -0.2) is 28.5 Å². The molecule has 1 fully saturated rings. The monoisotopic (exact) mass is 330 g/mol. The molecule has 0 saturated carbocycles. The van der Waals surface area contributed by atoms with Crippen molar-refractivity contribution in [2.24, 2.45) is 0 Å². The van der Waals surface area contributed by atoms with Crippen molar-refractivity contribution < 1.29 is 4.79 Å². The summed E-state index contributed by atoms with van der Waals surface area (Å²) in [7, 11) is 0. The molecule has 0 unspecified atom stereocenters. The fourth-order valence-electron chi connectivity index (χ4n) is 2.81. The summed E-state index contributed by atoms with van der Waals surface area (Å²) in [5.41, 5.74) is 1.66. The lowest BCUT2D eigenvalue weighted by Crippen LogP contribution is -2.27. The van der Waals surface area contributed by atoms with Crippen molar-refractivity contribution in [2.45, 2.75) is 45.7 Å². The first-order valence-electron chi connectivity index (χ1n) is 8.11. The van der Waals surface area contributed by atoms with Gasteiger partial charge in [0.15, 0.2) is 0 Å². The van der Waals surface area contributed by atoms with E-state index in [1.165, 1.54) is 12.8 Å². The van der Waals surface area contributed by atoms with Crippen LogP contribution in [0.4, 0.5) is 5.82 Å². The Morgan fingerprint density at radius 1 is 1.48 bits per heavy atom. The minimum absolute atomic E-state index is 0.105. The Bertz CT molecular complexity index is 667. The van der Waals surface area contributed by atoms with Crippen molar-refractivity contribution in [2.75, 3.05) is 11.4 Å². The standard InChI is InChI=1S/C17H22N4OS/c1-3-14-11-23-16(20-14)10-19-17(22)13-6-7-15(18-9-13)21-8-4-5-12(21)2/h6-7,9,11-12H,3-5,8,10H2,1-2H3,(H,19,22)/t12-/m1/s1. The molecule has 122 valence electrons. The van der Waals surface area contributed by atoms with Crippen LogP contribution in [-0.2, 0) is 13.0 Å². The first-order chi connectivity index (χ1) is 11.2. The molecule has 0 aromatic carbocycles. The molecule has 0 aliphatic carbocycles. The molecule has 3 rings (SSSR count). The molecule has 1 atom stereocenters. The second kappa shape index (κ2) is 7.08. The first kappa shape index (κ1) is 15.9. The molecular weight excluding hydrogens is 308 g/mol. The van der Waals surface area contributed by atoms with Crippen molar-refractivity contribution in [1.29, 1.82) is 0 Å². The highest BCUT2D eigenvalue weighted by atomic mass is 32.1. The lowest BCUT2D eigenvalue weighted by molar-refractivity contribution is 0.0950. The molecule has 0 bridgehead atoms. The number of nitrogens with one attached hydrogen (secondary N) is 1. The van der Waals surface area contributed by atoms with Gasteiger partial charge < -0.3 is 10.2 Å². The maximum atomic E-state index is 12.2. The Morgan fingerprint density at radius 2 is 2.35 bits per heavy atom. The average Bonchev–Trinajstić information content (AvgIpc) is 3.21. The second-order valence-electron chi connectivity index (χ2n) is 5.86. The molecule has 6 heteroatoms. The Hall–Kier alpha value is -1.95. The van der Waals surface area contributed by atoms with Crippen molar-refractivity contribution >= 4 is 23.1 Å². The summed E-state index contributed by atoms with van der Waals surface area (Å²) in [6.45, 7) is 5.80. The van der Waals surface area contributed by atoms with Gasteiger partial charge in [-0.15, -0.1) is 11.3 Å². The number of thiazole rings is 1. The summed E-state index contributed by atoms with van der Waals surface area (Å²) in [5.74, 6) is 0.853. The smallest absolute Gasteiger partial charge is 0.253 e. The van der Waals surface area contributed by atoms with Gasteiger partial charge in [0.05, 0.1) is 17.8 Å². The molecule has 0 radical (unpaired) electrons. The van der Waals surface area contributed by atoms with E-state index in [1.54, 1.807) is 17.5 Å². The molecule has 1 N–H and O–H groups in total. The summed E-state index contributed by atoms with van der Waals surface area (Å²) in [6.07, 6.45) is 5.00. The van der Waals surface area contributed by atoms with E-state index in [9.17, 15) is 4.79 Å². The van der Waals surface area contributed by atoms with Gasteiger partial charge >= 0.3 is 0 Å². The molecule has 23 heavy (non-hydrogen) atoms. The van der Waals surface area contributed by atoms with Gasteiger partial charge in [-0.3, -0.25) is 4.79 Å². The number of aromatic nitrogens is 2. The fraction of sp³-hybridized carbons (Fsp3) is 0.471. The van der Waals surface area contributed by atoms with E-state index >= 15 is 0 Å². The molecular formula is C17H22N4OS. The fourth-order valence-corrected chi connectivity index (χ4v) is 3.63. The number of aryl methyl sites for hydroxylation is 1. The molecule has 2 aromatic rings. The molecule has 0 spiro atoms. The van der Waals surface area contributed by atoms with E-state index in [0.29, 0.717) is 18.2 Å². The summed E-state index contributed by atoms with van der Waals surface area (Å²) >= 11 is 1.58. The lowest BCUT2D eigenvalue weighted by atomic mass is 10.2. The summed E-state index contributed by atoms with van der Waals surface area (Å²) < 4.78 is 0. The lowest BCUT2D eigenvalue weighted by Gasteiger charge is -2.22. The SMILES string of the molecule is CCc1csc(CNC(=O)c2ccc(N3CCC[C@H]3C)nc2)n1. The van der Waals surface area contributed by atoms with Crippen LogP contribution >= 0.6 is 11.3 Å². The van der Waals surface area contributed by atoms with E-state index in [1.807, 2.05) is 17.5 Å². The number of hydrogen-bond donors (Lipinski definition) is 1. The van der Waals surface area contributed by atoms with Crippen molar-refractivity contribution in [3.05, 3.63) is 40.0 Å². The van der Waals surface area contributed by atoms with Crippen molar-refractivity contribution in [1.82, 2.24) is 15.3 Å². The van der Waals surface area contributed by atoms with Crippen molar-refractivity contribution in [3.8, 4) is 0 Å². The summed E-state index contributed by atoms with van der Waals surface area (Å²) in [4.78, 5) is 23.4. The van der Waals surface area contributed by atoms with Gasteiger partial charge in [-0.25, -0.2) is 9.97 Å². The van der Waals surface area contributed by atoms with Crippen LogP contribution in [0.1, 0.15) is 47.7 Å². The Morgan fingerprint density at radius 3 is 2.96 bits per heavy atom. The molecule has 1 aliphatic heterocycles. The normalized spacial score (nSPS) is 17.5. The predicted octanol–water partition coefficient (Wildman–Crippen LogP) is 3.02. The van der Waals surface area contributed by atoms with Crippen LogP contribution in [0.3, 0.4) is 0 Å². The van der Waals surface area contributed by atoms with E-state index in [-0.39, 0.29) is 5.91 Å². The maximum absolute atomic E-state index is 12.2. The van der Waals surface area contributed by atoms with E-state index in [0.717, 1.165) is 29.5 Å². The zero-order valence-corrected chi connectivity index (χ0v) is 14.4. The van der Waals surface area contributed by atoms with Crippen LogP contribution in [0.15, 0.2) is 23.7 Å². The topological polar surface area (TPSA) is 58.1 Å². The largest absolute Gasteiger partial charge is 0.354 e. The van der Waals surface area contributed by atoms with Gasteiger partial charge in [0.1, 0.15) is 10.8 Å². The molecule has 3 heterocycles.